The lowest BCUT2D eigenvalue weighted by atomic mass is 9.47. The number of alkyl halides is 2. The molecule has 0 spiro atoms. The first-order valence-electron chi connectivity index (χ1n) is 10.2. The van der Waals surface area contributed by atoms with Crippen LogP contribution in [0.3, 0.4) is 0 Å². The molecule has 5 aliphatic carbocycles. The van der Waals surface area contributed by atoms with E-state index < -0.39 is 18.0 Å². The molecule has 0 radical (unpaired) electrons. The van der Waals surface area contributed by atoms with Crippen molar-refractivity contribution in [1.82, 2.24) is 15.3 Å². The summed E-state index contributed by atoms with van der Waals surface area (Å²) in [6, 6.07) is 0.0197. The van der Waals surface area contributed by atoms with Crippen LogP contribution in [0.15, 0.2) is 0 Å². The van der Waals surface area contributed by atoms with E-state index in [2.05, 4.69) is 10.4 Å². The van der Waals surface area contributed by atoms with Crippen LogP contribution < -0.4 is 5.32 Å². The number of hydrogen-bond acceptors (Lipinski definition) is 2. The average Bonchev–Trinajstić information content (AvgIpc) is 3.37. The molecule has 5 saturated carbocycles. The second-order valence-electron chi connectivity index (χ2n) is 9.57. The quantitative estimate of drug-likeness (QED) is 0.811. The minimum atomic E-state index is -2.97. The molecule has 0 aliphatic heterocycles. The molecule has 5 aliphatic rings. The van der Waals surface area contributed by atoms with E-state index in [1.807, 2.05) is 0 Å². The highest BCUT2D eigenvalue weighted by Crippen LogP contribution is 2.63. The first kappa shape index (κ1) is 17.6. The van der Waals surface area contributed by atoms with Crippen LogP contribution in [-0.2, 0) is 0 Å². The second kappa shape index (κ2) is 5.98. The van der Waals surface area contributed by atoms with Gasteiger partial charge >= 0.3 is 0 Å². The lowest BCUT2D eigenvalue weighted by molar-refractivity contribution is -0.0761. The molecule has 0 aromatic carbocycles. The van der Waals surface area contributed by atoms with Gasteiger partial charge in [0.2, 0.25) is 0 Å². The molecule has 4 bridgehead atoms. The van der Waals surface area contributed by atoms with Crippen molar-refractivity contribution in [2.45, 2.75) is 70.8 Å². The average molecular weight is 381 g/mol. The molecule has 5 fully saturated rings. The number of halogens is 3. The molecular formula is C20H26F3N3O. The molecule has 1 N–H and O–H groups in total. The molecule has 0 saturated heterocycles. The highest BCUT2D eigenvalue weighted by molar-refractivity contribution is 5.96. The van der Waals surface area contributed by atoms with Crippen LogP contribution in [0, 0.1) is 36.0 Å². The minimum Gasteiger partial charge on any atom is -0.348 e. The summed E-state index contributed by atoms with van der Waals surface area (Å²) in [4.78, 5) is 12.9. The summed E-state index contributed by atoms with van der Waals surface area (Å²) < 4.78 is 40.3. The molecule has 1 heterocycles. The van der Waals surface area contributed by atoms with E-state index in [9.17, 15) is 18.1 Å². The highest BCUT2D eigenvalue weighted by atomic mass is 19.3. The Balaban J connectivity index is 1.44. The van der Waals surface area contributed by atoms with Crippen molar-refractivity contribution >= 4 is 5.91 Å². The van der Waals surface area contributed by atoms with Gasteiger partial charge in [0, 0.05) is 6.04 Å². The first-order chi connectivity index (χ1) is 12.9. The predicted octanol–water partition coefficient (Wildman–Crippen LogP) is 4.59. The molecule has 148 valence electrons. The summed E-state index contributed by atoms with van der Waals surface area (Å²) in [7, 11) is 0. The zero-order valence-corrected chi connectivity index (χ0v) is 15.6. The third-order valence-corrected chi connectivity index (χ3v) is 7.65. The number of carbonyl (C=O) groups excluding carboxylic acids is 1. The number of amides is 1. The lowest BCUT2D eigenvalue weighted by Crippen LogP contribution is -2.57. The van der Waals surface area contributed by atoms with Crippen LogP contribution in [0.2, 0.25) is 0 Å². The Morgan fingerprint density at radius 2 is 1.70 bits per heavy atom. The summed E-state index contributed by atoms with van der Waals surface area (Å²) in [5.41, 5.74) is -1.09. The van der Waals surface area contributed by atoms with Crippen LogP contribution >= 0.6 is 0 Å². The molecule has 27 heavy (non-hydrogen) atoms. The van der Waals surface area contributed by atoms with E-state index in [0.29, 0.717) is 5.92 Å². The summed E-state index contributed by atoms with van der Waals surface area (Å²) in [5, 5.41) is 6.34. The fourth-order valence-electron chi connectivity index (χ4n) is 6.90. The Labute approximate surface area is 156 Å². The van der Waals surface area contributed by atoms with Gasteiger partial charge in [-0.05, 0) is 87.4 Å². The Bertz CT molecular complexity index is 735. The normalized spacial score (nSPS) is 35.7. The molecule has 4 nitrogen and oxygen atoms in total. The lowest BCUT2D eigenvalue weighted by Gasteiger charge is -2.59. The monoisotopic (exact) mass is 381 g/mol. The van der Waals surface area contributed by atoms with Crippen molar-refractivity contribution < 1.29 is 18.1 Å². The van der Waals surface area contributed by atoms with Crippen LogP contribution in [0.25, 0.3) is 0 Å². The highest BCUT2D eigenvalue weighted by Gasteiger charge is 2.57. The molecule has 1 unspecified atom stereocenters. The van der Waals surface area contributed by atoms with E-state index in [1.165, 1.54) is 26.2 Å². The number of carbonyl (C=O) groups is 1. The summed E-state index contributed by atoms with van der Waals surface area (Å²) in [5.74, 6) is 2.10. The predicted molar refractivity (Wildman–Crippen MR) is 93.0 cm³/mol. The number of aromatic nitrogens is 2. The largest absolute Gasteiger partial charge is 0.348 e. The van der Waals surface area contributed by atoms with Crippen molar-refractivity contribution in [2.75, 3.05) is 0 Å². The van der Waals surface area contributed by atoms with Gasteiger partial charge in [0.15, 0.2) is 0 Å². The minimum absolute atomic E-state index is 0.0197. The molecule has 7 heteroatoms. The van der Waals surface area contributed by atoms with Crippen molar-refractivity contribution in [2.24, 2.45) is 29.1 Å². The van der Waals surface area contributed by atoms with Gasteiger partial charge in [-0.3, -0.25) is 4.79 Å². The number of nitrogens with one attached hydrogen (secondary N) is 1. The van der Waals surface area contributed by atoms with Crippen LogP contribution in [0.5, 0.6) is 0 Å². The Morgan fingerprint density at radius 3 is 2.19 bits per heavy atom. The molecule has 1 amide bonds. The maximum Gasteiger partial charge on any atom is 0.283 e. The fourth-order valence-corrected chi connectivity index (χ4v) is 6.90. The van der Waals surface area contributed by atoms with E-state index in [0.717, 1.165) is 49.9 Å². The molecule has 6 rings (SSSR count). The number of nitrogens with zero attached hydrogens (tertiary/aromatic N) is 2. The van der Waals surface area contributed by atoms with Gasteiger partial charge in [-0.2, -0.15) is 0 Å². The van der Waals surface area contributed by atoms with Gasteiger partial charge in [-0.15, -0.1) is 5.10 Å². The summed E-state index contributed by atoms with van der Waals surface area (Å²) in [6.45, 7) is 1.32. The third kappa shape index (κ3) is 2.80. The van der Waals surface area contributed by atoms with Gasteiger partial charge in [0.1, 0.15) is 5.69 Å². The van der Waals surface area contributed by atoms with Gasteiger partial charge in [0.05, 0.1) is 11.3 Å². The smallest absolute Gasteiger partial charge is 0.283 e. The van der Waals surface area contributed by atoms with Crippen LogP contribution in [-0.4, -0.2) is 22.0 Å². The Hall–Kier alpha value is -1.53. The van der Waals surface area contributed by atoms with Crippen LogP contribution in [0.4, 0.5) is 13.3 Å². The van der Waals surface area contributed by atoms with Gasteiger partial charge in [-0.1, -0.05) is 9.39 Å². The Kier molecular flexibility index (Phi) is 3.89. The number of rotatable bonds is 5. The molecule has 1 atom stereocenters. The fraction of sp³-hybridized carbons (Fsp3) is 0.800. The topological polar surface area (TPSA) is 46.9 Å². The SMILES string of the molecule is Cc1c(C(=O)NC(C2CC2)C23CC4CC(CC(C4)C2)C3)c(C(F)F)nn1F. The van der Waals surface area contributed by atoms with E-state index in [-0.39, 0.29) is 27.6 Å². The third-order valence-electron chi connectivity index (χ3n) is 7.65. The standard InChI is InChI=1S/C20H26F3N3O/c1-10-15(16(18(21)22)25-26(10)23)19(27)24-17(14-2-3-14)20-7-11-4-12(8-20)6-13(5-11)9-20/h11-14,17-18H,2-9H2,1H3,(H,24,27). The van der Waals surface area contributed by atoms with E-state index in [4.69, 9.17) is 0 Å². The zero-order chi connectivity index (χ0) is 18.9. The zero-order valence-electron chi connectivity index (χ0n) is 15.6. The van der Waals surface area contributed by atoms with Crippen molar-refractivity contribution in [1.29, 1.82) is 0 Å². The summed E-state index contributed by atoms with van der Waals surface area (Å²) >= 11 is 0. The van der Waals surface area contributed by atoms with Gasteiger partial charge < -0.3 is 5.32 Å². The van der Waals surface area contributed by atoms with Gasteiger partial charge in [-0.25, -0.2) is 8.78 Å². The van der Waals surface area contributed by atoms with E-state index >= 15 is 0 Å². The maximum absolute atomic E-state index is 13.7. The summed E-state index contributed by atoms with van der Waals surface area (Å²) in [6.07, 6.45) is 6.55. The van der Waals surface area contributed by atoms with Crippen LogP contribution in [0.1, 0.15) is 79.5 Å². The molecular weight excluding hydrogens is 355 g/mol. The van der Waals surface area contributed by atoms with E-state index in [1.54, 1.807) is 0 Å². The Morgan fingerprint density at radius 1 is 1.15 bits per heavy atom. The van der Waals surface area contributed by atoms with Crippen molar-refractivity contribution in [3.8, 4) is 0 Å². The molecule has 1 aromatic rings. The van der Waals surface area contributed by atoms with Crippen molar-refractivity contribution in [3.05, 3.63) is 17.0 Å². The van der Waals surface area contributed by atoms with Gasteiger partial charge in [0.25, 0.3) is 12.3 Å². The van der Waals surface area contributed by atoms with Crippen molar-refractivity contribution in [3.63, 3.8) is 0 Å². The number of hydrogen-bond donors (Lipinski definition) is 1. The second-order valence-corrected chi connectivity index (χ2v) is 9.57. The molecule has 1 aromatic heterocycles. The maximum atomic E-state index is 13.7. The first-order valence-corrected chi connectivity index (χ1v) is 10.2.